The zero-order valence-electron chi connectivity index (χ0n) is 19.2. The number of nitrogens with zero attached hydrogens (tertiary/aromatic N) is 2. The van der Waals surface area contributed by atoms with Crippen LogP contribution in [-0.4, -0.2) is 72.5 Å². The Labute approximate surface area is 197 Å². The fraction of sp³-hybridized carbons (Fsp3) is 0.346. The van der Waals surface area contributed by atoms with Crippen LogP contribution in [-0.2, 0) is 25.5 Å². The number of carbonyl (C=O) groups excluding carboxylic acids is 3. The second-order valence-corrected chi connectivity index (χ2v) is 8.71. The van der Waals surface area contributed by atoms with E-state index in [0.717, 1.165) is 27.7 Å². The number of rotatable bonds is 6. The molecule has 3 heterocycles. The van der Waals surface area contributed by atoms with E-state index in [0.29, 0.717) is 31.6 Å². The fourth-order valence-corrected chi connectivity index (χ4v) is 5.18. The summed E-state index contributed by atoms with van der Waals surface area (Å²) >= 11 is 0. The van der Waals surface area contributed by atoms with E-state index in [1.807, 2.05) is 36.4 Å². The molecule has 34 heavy (non-hydrogen) atoms. The summed E-state index contributed by atoms with van der Waals surface area (Å²) in [7, 11) is 2.97. The predicted molar refractivity (Wildman–Crippen MR) is 125 cm³/mol. The number of H-pyrrole nitrogens is 1. The number of aromatic amines is 1. The molecule has 8 nitrogen and oxygen atoms in total. The van der Waals surface area contributed by atoms with E-state index in [4.69, 9.17) is 9.47 Å². The molecule has 2 aliphatic rings. The molecule has 2 aromatic carbocycles. The molecule has 1 fully saturated rings. The highest BCUT2D eigenvalue weighted by Crippen LogP contribution is 2.42. The number of esters is 1. The van der Waals surface area contributed by atoms with Crippen LogP contribution in [0.1, 0.15) is 39.6 Å². The lowest BCUT2D eigenvalue weighted by molar-refractivity contribution is -0.158. The van der Waals surface area contributed by atoms with E-state index in [1.165, 1.54) is 7.11 Å². The van der Waals surface area contributed by atoms with Crippen molar-refractivity contribution in [2.24, 2.45) is 0 Å². The van der Waals surface area contributed by atoms with E-state index < -0.39 is 18.1 Å². The van der Waals surface area contributed by atoms with Gasteiger partial charge in [0.1, 0.15) is 6.04 Å². The second kappa shape index (κ2) is 8.95. The highest BCUT2D eigenvalue weighted by Gasteiger charge is 2.48. The lowest BCUT2D eigenvalue weighted by atomic mass is 9.86. The molecule has 0 bridgehead atoms. The Hall–Kier alpha value is -3.65. The molecule has 0 saturated carbocycles. The zero-order chi connectivity index (χ0) is 23.8. The third kappa shape index (κ3) is 3.64. The van der Waals surface area contributed by atoms with Gasteiger partial charge in [-0.25, -0.2) is 4.79 Å². The quantitative estimate of drug-likeness (QED) is 0.450. The molecule has 1 aromatic heterocycles. The SMILES string of the molecule is COCCCN1CC(=O)N2[C@@H](c3ccc(C(=O)OC)cc3)c3[nH]c4ccccc4c3C[C@@H]2C1=O. The first-order chi connectivity index (χ1) is 16.5. The van der Waals surface area contributed by atoms with Crippen molar-refractivity contribution < 1.29 is 23.9 Å². The molecule has 3 aromatic rings. The van der Waals surface area contributed by atoms with Gasteiger partial charge in [0, 0.05) is 43.3 Å². The van der Waals surface area contributed by atoms with E-state index in [1.54, 1.807) is 29.0 Å². The van der Waals surface area contributed by atoms with E-state index in [-0.39, 0.29) is 18.4 Å². The largest absolute Gasteiger partial charge is 0.465 e. The van der Waals surface area contributed by atoms with Crippen LogP contribution in [0.25, 0.3) is 10.9 Å². The van der Waals surface area contributed by atoms with Crippen molar-refractivity contribution >= 4 is 28.7 Å². The molecule has 2 aliphatic heterocycles. The number of amides is 2. The Morgan fingerprint density at radius 3 is 2.59 bits per heavy atom. The minimum Gasteiger partial charge on any atom is -0.465 e. The number of ether oxygens (including phenoxy) is 2. The van der Waals surface area contributed by atoms with Gasteiger partial charge in [-0.05, 0) is 35.7 Å². The lowest BCUT2D eigenvalue weighted by Crippen LogP contribution is -2.63. The summed E-state index contributed by atoms with van der Waals surface area (Å²) in [6, 6.07) is 14.0. The average molecular weight is 462 g/mol. The van der Waals surface area contributed by atoms with Crippen molar-refractivity contribution in [3.05, 3.63) is 70.9 Å². The third-order valence-electron chi connectivity index (χ3n) is 6.77. The second-order valence-electron chi connectivity index (χ2n) is 8.71. The maximum absolute atomic E-state index is 13.5. The molecule has 0 radical (unpaired) electrons. The molecule has 8 heteroatoms. The maximum atomic E-state index is 13.5. The number of hydrogen-bond donors (Lipinski definition) is 1. The summed E-state index contributed by atoms with van der Waals surface area (Å²) in [6.07, 6.45) is 1.14. The Balaban J connectivity index is 1.59. The van der Waals surface area contributed by atoms with Crippen LogP contribution < -0.4 is 0 Å². The number of methoxy groups -OCH3 is 2. The summed E-state index contributed by atoms with van der Waals surface area (Å²) in [5.41, 5.74) is 4.21. The lowest BCUT2D eigenvalue weighted by Gasteiger charge is -2.47. The minimum atomic E-state index is -0.583. The van der Waals surface area contributed by atoms with Gasteiger partial charge in [-0.15, -0.1) is 0 Å². The first-order valence-corrected chi connectivity index (χ1v) is 11.4. The molecule has 0 spiro atoms. The molecule has 2 atom stereocenters. The number of nitrogens with one attached hydrogen (secondary N) is 1. The normalized spacial score (nSPS) is 19.8. The monoisotopic (exact) mass is 461 g/mol. The Bertz CT molecular complexity index is 1250. The number of fused-ring (bicyclic) bond motifs is 4. The zero-order valence-corrected chi connectivity index (χ0v) is 19.2. The molecule has 1 saturated heterocycles. The van der Waals surface area contributed by atoms with Gasteiger partial charge in [-0.1, -0.05) is 30.3 Å². The Kier molecular flexibility index (Phi) is 5.83. The predicted octanol–water partition coefficient (Wildman–Crippen LogP) is 2.68. The number of hydrogen-bond acceptors (Lipinski definition) is 5. The maximum Gasteiger partial charge on any atom is 0.337 e. The third-order valence-corrected chi connectivity index (χ3v) is 6.77. The highest BCUT2D eigenvalue weighted by atomic mass is 16.5. The van der Waals surface area contributed by atoms with Crippen LogP contribution in [0, 0.1) is 0 Å². The van der Waals surface area contributed by atoms with Crippen LogP contribution in [0.2, 0.25) is 0 Å². The van der Waals surface area contributed by atoms with Gasteiger partial charge in [-0.3, -0.25) is 9.59 Å². The molecular weight excluding hydrogens is 434 g/mol. The average Bonchev–Trinajstić information content (AvgIpc) is 3.24. The summed E-state index contributed by atoms with van der Waals surface area (Å²) in [5, 5.41) is 1.06. The summed E-state index contributed by atoms with van der Waals surface area (Å²) in [5.74, 6) is -0.550. The summed E-state index contributed by atoms with van der Waals surface area (Å²) in [4.78, 5) is 45.8. The van der Waals surface area contributed by atoms with Crippen molar-refractivity contribution in [2.45, 2.75) is 24.9 Å². The van der Waals surface area contributed by atoms with Gasteiger partial charge >= 0.3 is 5.97 Å². The number of benzene rings is 2. The number of para-hydroxylation sites is 1. The molecule has 176 valence electrons. The minimum absolute atomic E-state index is 0.0391. The van der Waals surface area contributed by atoms with Gasteiger partial charge in [0.2, 0.25) is 11.8 Å². The Morgan fingerprint density at radius 1 is 1.09 bits per heavy atom. The number of carbonyl (C=O) groups is 3. The van der Waals surface area contributed by atoms with Crippen LogP contribution in [0.5, 0.6) is 0 Å². The highest BCUT2D eigenvalue weighted by molar-refractivity contribution is 5.97. The van der Waals surface area contributed by atoms with Crippen molar-refractivity contribution in [3.63, 3.8) is 0 Å². The van der Waals surface area contributed by atoms with Gasteiger partial charge in [0.05, 0.1) is 25.3 Å². The smallest absolute Gasteiger partial charge is 0.337 e. The van der Waals surface area contributed by atoms with Crippen molar-refractivity contribution in [1.82, 2.24) is 14.8 Å². The van der Waals surface area contributed by atoms with Crippen LogP contribution in [0.3, 0.4) is 0 Å². The first-order valence-electron chi connectivity index (χ1n) is 11.4. The molecule has 1 N–H and O–H groups in total. The summed E-state index contributed by atoms with van der Waals surface area (Å²) < 4.78 is 9.94. The molecule has 0 unspecified atom stereocenters. The van der Waals surface area contributed by atoms with E-state index in [2.05, 4.69) is 4.98 Å². The number of aromatic nitrogens is 1. The molecule has 0 aliphatic carbocycles. The standard InChI is InChI=1S/C26H27N3O5/c1-33-13-5-12-28-15-22(30)29-21(25(28)31)14-19-18-6-3-4-7-20(18)27-23(19)24(29)16-8-10-17(11-9-16)26(32)34-2/h3-4,6-11,21,24,27H,5,12-15H2,1-2H3/t21-,24+/m1/s1. The van der Waals surface area contributed by atoms with Crippen LogP contribution in [0.4, 0.5) is 0 Å². The summed E-state index contributed by atoms with van der Waals surface area (Å²) in [6.45, 7) is 1.07. The van der Waals surface area contributed by atoms with E-state index in [9.17, 15) is 14.4 Å². The molecule has 5 rings (SSSR count). The van der Waals surface area contributed by atoms with Crippen molar-refractivity contribution in [2.75, 3.05) is 33.9 Å². The van der Waals surface area contributed by atoms with E-state index >= 15 is 0 Å². The molecular formula is C26H27N3O5. The van der Waals surface area contributed by atoms with Gasteiger partial charge < -0.3 is 24.3 Å². The fourth-order valence-electron chi connectivity index (χ4n) is 5.18. The number of piperazine rings is 1. The van der Waals surface area contributed by atoms with Crippen LogP contribution >= 0.6 is 0 Å². The first kappa shape index (κ1) is 22.2. The van der Waals surface area contributed by atoms with Crippen LogP contribution in [0.15, 0.2) is 48.5 Å². The topological polar surface area (TPSA) is 91.9 Å². The van der Waals surface area contributed by atoms with Crippen molar-refractivity contribution in [1.29, 1.82) is 0 Å². The Morgan fingerprint density at radius 2 is 1.85 bits per heavy atom. The van der Waals surface area contributed by atoms with Gasteiger partial charge in [-0.2, -0.15) is 0 Å². The van der Waals surface area contributed by atoms with Gasteiger partial charge in [0.25, 0.3) is 0 Å². The van der Waals surface area contributed by atoms with Crippen molar-refractivity contribution in [3.8, 4) is 0 Å². The van der Waals surface area contributed by atoms with Gasteiger partial charge in [0.15, 0.2) is 0 Å². The molecule has 2 amide bonds.